The number of halogens is 1. The quantitative estimate of drug-likeness (QED) is 0.804. The summed E-state index contributed by atoms with van der Waals surface area (Å²) in [7, 11) is 0. The maximum absolute atomic E-state index is 11.6. The second kappa shape index (κ2) is 6.43. The van der Waals surface area contributed by atoms with Crippen LogP contribution in [-0.4, -0.2) is 18.4 Å². The van der Waals surface area contributed by atoms with Crippen molar-refractivity contribution < 1.29 is 9.53 Å². The summed E-state index contributed by atoms with van der Waals surface area (Å²) in [4.78, 5) is 11.6. The van der Waals surface area contributed by atoms with Crippen LogP contribution in [0.25, 0.3) is 0 Å². The second-order valence-corrected chi connectivity index (χ2v) is 3.08. The molecular weight excluding hydrogens is 214 g/mol. The Morgan fingerprint density at radius 3 is 2.60 bits per heavy atom. The predicted octanol–water partition coefficient (Wildman–Crippen LogP) is 2.04. The molecule has 15 heavy (non-hydrogen) atoms. The predicted molar refractivity (Wildman–Crippen MR) is 62.8 cm³/mol. The minimum Gasteiger partial charge on any atom is -0.493 e. The molecule has 1 unspecified atom stereocenters. The molecule has 0 bridgehead atoms. The standard InChI is InChI=1S/C11H15NO2.ClH/c1-3-14-10-7-5-4-6-9(10)11(13)8(2)12;/h4-8H,3,12H2,1-2H3;1H. The van der Waals surface area contributed by atoms with Gasteiger partial charge in [0, 0.05) is 0 Å². The van der Waals surface area contributed by atoms with Crippen molar-refractivity contribution in [3.63, 3.8) is 0 Å². The Labute approximate surface area is 96.0 Å². The lowest BCUT2D eigenvalue weighted by Crippen LogP contribution is -2.27. The maximum atomic E-state index is 11.6. The lowest BCUT2D eigenvalue weighted by atomic mass is 10.1. The Balaban J connectivity index is 0.00000196. The van der Waals surface area contributed by atoms with Crippen LogP contribution in [0.2, 0.25) is 0 Å². The van der Waals surface area contributed by atoms with Crippen molar-refractivity contribution in [1.82, 2.24) is 0 Å². The third-order valence-corrected chi connectivity index (χ3v) is 1.87. The van der Waals surface area contributed by atoms with E-state index < -0.39 is 6.04 Å². The van der Waals surface area contributed by atoms with E-state index in [-0.39, 0.29) is 18.2 Å². The van der Waals surface area contributed by atoms with E-state index in [1.54, 1.807) is 25.1 Å². The summed E-state index contributed by atoms with van der Waals surface area (Å²) < 4.78 is 5.33. The molecule has 0 saturated heterocycles. The average molecular weight is 230 g/mol. The Bertz CT molecular complexity index is 326. The minimum absolute atomic E-state index is 0. The summed E-state index contributed by atoms with van der Waals surface area (Å²) in [6.07, 6.45) is 0. The zero-order valence-electron chi connectivity index (χ0n) is 8.90. The molecule has 1 aromatic carbocycles. The van der Waals surface area contributed by atoms with Crippen LogP contribution >= 0.6 is 12.4 Å². The van der Waals surface area contributed by atoms with Gasteiger partial charge >= 0.3 is 0 Å². The first-order valence-electron chi connectivity index (χ1n) is 4.68. The lowest BCUT2D eigenvalue weighted by Gasteiger charge is -2.10. The second-order valence-electron chi connectivity index (χ2n) is 3.08. The van der Waals surface area contributed by atoms with E-state index in [4.69, 9.17) is 10.5 Å². The summed E-state index contributed by atoms with van der Waals surface area (Å²) >= 11 is 0. The van der Waals surface area contributed by atoms with Crippen LogP contribution in [0.5, 0.6) is 5.75 Å². The first-order chi connectivity index (χ1) is 6.66. The van der Waals surface area contributed by atoms with Gasteiger partial charge in [-0.05, 0) is 26.0 Å². The van der Waals surface area contributed by atoms with E-state index in [1.165, 1.54) is 0 Å². The smallest absolute Gasteiger partial charge is 0.182 e. The zero-order chi connectivity index (χ0) is 10.6. The number of para-hydroxylation sites is 1. The van der Waals surface area contributed by atoms with Gasteiger partial charge < -0.3 is 10.5 Å². The highest BCUT2D eigenvalue weighted by molar-refractivity contribution is 6.01. The minimum atomic E-state index is -0.489. The van der Waals surface area contributed by atoms with Crippen molar-refractivity contribution in [3.05, 3.63) is 29.8 Å². The molecule has 0 heterocycles. The number of rotatable bonds is 4. The normalized spacial score (nSPS) is 11.4. The van der Waals surface area contributed by atoms with Gasteiger partial charge in [-0.3, -0.25) is 4.79 Å². The first-order valence-corrected chi connectivity index (χ1v) is 4.68. The fraction of sp³-hybridized carbons (Fsp3) is 0.364. The Morgan fingerprint density at radius 2 is 2.07 bits per heavy atom. The number of nitrogens with two attached hydrogens (primary N) is 1. The van der Waals surface area contributed by atoms with Gasteiger partial charge in [0.1, 0.15) is 5.75 Å². The van der Waals surface area contributed by atoms with E-state index in [0.717, 1.165) is 0 Å². The van der Waals surface area contributed by atoms with Crippen LogP contribution in [0.1, 0.15) is 24.2 Å². The molecule has 1 rings (SSSR count). The van der Waals surface area contributed by atoms with Gasteiger partial charge in [0.15, 0.2) is 5.78 Å². The highest BCUT2D eigenvalue weighted by Gasteiger charge is 2.14. The molecule has 0 aliphatic rings. The highest BCUT2D eigenvalue weighted by atomic mass is 35.5. The van der Waals surface area contributed by atoms with Gasteiger partial charge in [-0.1, -0.05) is 12.1 Å². The fourth-order valence-corrected chi connectivity index (χ4v) is 1.20. The van der Waals surface area contributed by atoms with Crippen LogP contribution < -0.4 is 10.5 Å². The third kappa shape index (κ3) is 3.53. The largest absolute Gasteiger partial charge is 0.493 e. The van der Waals surface area contributed by atoms with E-state index in [2.05, 4.69) is 0 Å². The fourth-order valence-electron chi connectivity index (χ4n) is 1.20. The maximum Gasteiger partial charge on any atom is 0.182 e. The summed E-state index contributed by atoms with van der Waals surface area (Å²) in [6.45, 7) is 4.10. The van der Waals surface area contributed by atoms with Crippen molar-refractivity contribution in [2.45, 2.75) is 19.9 Å². The molecule has 0 radical (unpaired) electrons. The van der Waals surface area contributed by atoms with E-state index in [9.17, 15) is 4.79 Å². The van der Waals surface area contributed by atoms with Crippen LogP contribution in [0.4, 0.5) is 0 Å². The highest BCUT2D eigenvalue weighted by Crippen LogP contribution is 2.19. The monoisotopic (exact) mass is 229 g/mol. The number of hydrogen-bond donors (Lipinski definition) is 1. The topological polar surface area (TPSA) is 52.3 Å². The molecule has 2 N–H and O–H groups in total. The number of Topliss-reactive ketones (excluding diaryl/α,β-unsaturated/α-hetero) is 1. The Kier molecular flexibility index (Phi) is 5.97. The summed E-state index contributed by atoms with van der Waals surface area (Å²) in [5.74, 6) is 0.520. The van der Waals surface area contributed by atoms with Crippen molar-refractivity contribution in [1.29, 1.82) is 0 Å². The van der Waals surface area contributed by atoms with Crippen LogP contribution in [0.15, 0.2) is 24.3 Å². The number of carbonyl (C=O) groups excluding carboxylic acids is 1. The first kappa shape index (κ1) is 13.9. The summed E-state index contributed by atoms with van der Waals surface area (Å²) in [6, 6.07) is 6.66. The van der Waals surface area contributed by atoms with Gasteiger partial charge in [0.05, 0.1) is 18.2 Å². The molecule has 4 heteroatoms. The van der Waals surface area contributed by atoms with Crippen LogP contribution in [0, 0.1) is 0 Å². The molecule has 0 saturated carbocycles. The van der Waals surface area contributed by atoms with Crippen LogP contribution in [-0.2, 0) is 0 Å². The summed E-state index contributed by atoms with van der Waals surface area (Å²) in [5.41, 5.74) is 6.09. The molecule has 0 aliphatic carbocycles. The molecule has 3 nitrogen and oxygen atoms in total. The number of hydrogen-bond acceptors (Lipinski definition) is 3. The van der Waals surface area contributed by atoms with E-state index >= 15 is 0 Å². The molecule has 0 aliphatic heterocycles. The average Bonchev–Trinajstić information content (AvgIpc) is 2.18. The molecule has 1 atom stereocenters. The van der Waals surface area contributed by atoms with Crippen molar-refractivity contribution in [3.8, 4) is 5.75 Å². The molecule has 0 spiro atoms. The third-order valence-electron chi connectivity index (χ3n) is 1.87. The summed E-state index contributed by atoms with van der Waals surface area (Å²) in [5, 5.41) is 0. The molecule has 1 aromatic rings. The Morgan fingerprint density at radius 1 is 1.47 bits per heavy atom. The van der Waals surface area contributed by atoms with Gasteiger partial charge in [-0.2, -0.15) is 0 Å². The number of benzene rings is 1. The van der Waals surface area contributed by atoms with E-state index in [0.29, 0.717) is 17.9 Å². The molecule has 0 aromatic heterocycles. The van der Waals surface area contributed by atoms with Crippen LogP contribution in [0.3, 0.4) is 0 Å². The van der Waals surface area contributed by atoms with Crippen molar-refractivity contribution >= 4 is 18.2 Å². The lowest BCUT2D eigenvalue weighted by molar-refractivity contribution is 0.0964. The number of carbonyl (C=O) groups is 1. The molecule has 84 valence electrons. The van der Waals surface area contributed by atoms with Gasteiger partial charge in [0.25, 0.3) is 0 Å². The Hall–Kier alpha value is -1.06. The molecule has 0 amide bonds. The number of ketones is 1. The SMILES string of the molecule is CCOc1ccccc1C(=O)C(C)N.Cl. The zero-order valence-corrected chi connectivity index (χ0v) is 9.71. The van der Waals surface area contributed by atoms with Crippen molar-refractivity contribution in [2.75, 3.05) is 6.61 Å². The number of ether oxygens (including phenoxy) is 1. The van der Waals surface area contributed by atoms with Gasteiger partial charge in [0.2, 0.25) is 0 Å². The molecule has 0 fully saturated rings. The van der Waals surface area contributed by atoms with Gasteiger partial charge in [-0.25, -0.2) is 0 Å². The van der Waals surface area contributed by atoms with Gasteiger partial charge in [-0.15, -0.1) is 12.4 Å². The van der Waals surface area contributed by atoms with Crippen molar-refractivity contribution in [2.24, 2.45) is 5.73 Å². The van der Waals surface area contributed by atoms with E-state index in [1.807, 2.05) is 13.0 Å². The molecular formula is C11H16ClNO2.